The third kappa shape index (κ3) is 2.98. The van der Waals surface area contributed by atoms with Crippen LogP contribution in [0.4, 0.5) is 0 Å². The van der Waals surface area contributed by atoms with Crippen LogP contribution in [0, 0.1) is 0 Å². The summed E-state index contributed by atoms with van der Waals surface area (Å²) in [5, 5.41) is 3.80. The topological polar surface area (TPSA) is 21.3 Å². The molecule has 1 saturated heterocycles. The Morgan fingerprint density at radius 1 is 1.44 bits per heavy atom. The van der Waals surface area contributed by atoms with Crippen LogP contribution in [0.1, 0.15) is 65.2 Å². The van der Waals surface area contributed by atoms with E-state index < -0.39 is 0 Å². The molecule has 0 amide bonds. The van der Waals surface area contributed by atoms with Crippen LogP contribution in [0.2, 0.25) is 0 Å². The molecule has 1 spiro atoms. The maximum atomic E-state index is 5.95. The van der Waals surface area contributed by atoms with E-state index >= 15 is 0 Å². The van der Waals surface area contributed by atoms with Crippen LogP contribution in [0.25, 0.3) is 0 Å². The van der Waals surface area contributed by atoms with Gasteiger partial charge < -0.3 is 10.1 Å². The van der Waals surface area contributed by atoms with Crippen molar-refractivity contribution in [3.8, 4) is 0 Å². The Hall–Kier alpha value is -0.0800. The van der Waals surface area contributed by atoms with Gasteiger partial charge in [-0.2, -0.15) is 0 Å². The molecule has 1 heterocycles. The van der Waals surface area contributed by atoms with Gasteiger partial charge in [0.25, 0.3) is 0 Å². The summed E-state index contributed by atoms with van der Waals surface area (Å²) in [7, 11) is 0. The van der Waals surface area contributed by atoms with Gasteiger partial charge >= 0.3 is 0 Å². The first-order chi connectivity index (χ1) is 7.74. The lowest BCUT2D eigenvalue weighted by Gasteiger charge is -2.47. The molecule has 2 heteroatoms. The Morgan fingerprint density at radius 3 is 2.88 bits per heavy atom. The van der Waals surface area contributed by atoms with E-state index in [-0.39, 0.29) is 0 Å². The average Bonchev–Trinajstić information content (AvgIpc) is 2.24. The van der Waals surface area contributed by atoms with Crippen molar-refractivity contribution >= 4 is 0 Å². The number of unbranched alkanes of at least 4 members (excludes halogenated alkanes) is 1. The van der Waals surface area contributed by atoms with Crippen molar-refractivity contribution in [3.05, 3.63) is 0 Å². The van der Waals surface area contributed by atoms with Gasteiger partial charge in [0.2, 0.25) is 0 Å². The quantitative estimate of drug-likeness (QED) is 0.775. The van der Waals surface area contributed by atoms with Gasteiger partial charge in [0.1, 0.15) is 0 Å². The first-order valence-electron chi connectivity index (χ1n) is 7.14. The highest BCUT2D eigenvalue weighted by molar-refractivity contribution is 4.96. The van der Waals surface area contributed by atoms with Crippen LogP contribution in [-0.4, -0.2) is 24.3 Å². The maximum Gasteiger partial charge on any atom is 0.0697 e. The minimum Gasteiger partial charge on any atom is -0.375 e. The smallest absolute Gasteiger partial charge is 0.0697 e. The summed E-state index contributed by atoms with van der Waals surface area (Å²) in [5.41, 5.74) is 0.292. The highest BCUT2D eigenvalue weighted by Gasteiger charge is 2.42. The fourth-order valence-electron chi connectivity index (χ4n) is 3.09. The summed E-state index contributed by atoms with van der Waals surface area (Å²) >= 11 is 0. The molecule has 1 aliphatic carbocycles. The number of rotatable bonds is 5. The SMILES string of the molecule is CCCCC(C)NC1CCOC2(CCC2)C1. The van der Waals surface area contributed by atoms with Crippen molar-refractivity contribution in [2.24, 2.45) is 0 Å². The zero-order chi connectivity index (χ0) is 11.4. The van der Waals surface area contributed by atoms with Crippen molar-refractivity contribution in [1.82, 2.24) is 5.32 Å². The van der Waals surface area contributed by atoms with Crippen molar-refractivity contribution in [2.45, 2.75) is 82.9 Å². The fraction of sp³-hybridized carbons (Fsp3) is 1.00. The summed E-state index contributed by atoms with van der Waals surface area (Å²) in [6, 6.07) is 1.39. The fourth-order valence-corrected chi connectivity index (χ4v) is 3.09. The van der Waals surface area contributed by atoms with Crippen molar-refractivity contribution in [3.63, 3.8) is 0 Å². The lowest BCUT2D eigenvalue weighted by Crippen LogP contribution is -2.52. The molecule has 0 aromatic rings. The molecule has 1 aliphatic heterocycles. The summed E-state index contributed by atoms with van der Waals surface area (Å²) in [5.74, 6) is 0. The molecule has 0 radical (unpaired) electrons. The molecule has 0 aromatic carbocycles. The van der Waals surface area contributed by atoms with Gasteiger partial charge in [-0.3, -0.25) is 0 Å². The van der Waals surface area contributed by atoms with Gasteiger partial charge in [-0.1, -0.05) is 19.8 Å². The highest BCUT2D eigenvalue weighted by Crippen LogP contribution is 2.42. The van der Waals surface area contributed by atoms with Gasteiger partial charge in [-0.05, 0) is 45.4 Å². The normalized spacial score (nSPS) is 30.0. The minimum atomic E-state index is 0.292. The molecule has 16 heavy (non-hydrogen) atoms. The molecule has 2 unspecified atom stereocenters. The van der Waals surface area contributed by atoms with E-state index in [1.54, 1.807) is 0 Å². The molecule has 0 bridgehead atoms. The molecule has 2 fully saturated rings. The number of nitrogens with one attached hydrogen (secondary N) is 1. The zero-order valence-corrected chi connectivity index (χ0v) is 10.9. The van der Waals surface area contributed by atoms with Gasteiger partial charge in [-0.25, -0.2) is 0 Å². The van der Waals surface area contributed by atoms with E-state index in [1.807, 2.05) is 0 Å². The molecule has 1 saturated carbocycles. The number of hydrogen-bond acceptors (Lipinski definition) is 2. The van der Waals surface area contributed by atoms with Crippen LogP contribution in [-0.2, 0) is 4.74 Å². The van der Waals surface area contributed by atoms with Crippen LogP contribution < -0.4 is 5.32 Å². The van der Waals surface area contributed by atoms with E-state index in [0.29, 0.717) is 17.7 Å². The first-order valence-corrected chi connectivity index (χ1v) is 7.14. The predicted molar refractivity (Wildman–Crippen MR) is 67.7 cm³/mol. The van der Waals surface area contributed by atoms with Crippen LogP contribution >= 0.6 is 0 Å². The largest absolute Gasteiger partial charge is 0.375 e. The van der Waals surface area contributed by atoms with Crippen molar-refractivity contribution < 1.29 is 4.74 Å². The van der Waals surface area contributed by atoms with E-state index in [9.17, 15) is 0 Å². The molecule has 94 valence electrons. The summed E-state index contributed by atoms with van der Waals surface area (Å²) in [6.45, 7) is 5.57. The van der Waals surface area contributed by atoms with Gasteiger partial charge in [0, 0.05) is 18.7 Å². The molecule has 2 aliphatic rings. The van der Waals surface area contributed by atoms with E-state index in [0.717, 1.165) is 6.61 Å². The average molecular weight is 225 g/mol. The first kappa shape index (κ1) is 12.4. The molecular formula is C14H27NO. The van der Waals surface area contributed by atoms with Gasteiger partial charge in [-0.15, -0.1) is 0 Å². The molecule has 2 rings (SSSR count). The Morgan fingerprint density at radius 2 is 2.25 bits per heavy atom. The number of hydrogen-bond donors (Lipinski definition) is 1. The monoisotopic (exact) mass is 225 g/mol. The van der Waals surface area contributed by atoms with E-state index in [1.165, 1.54) is 51.4 Å². The van der Waals surface area contributed by atoms with Gasteiger partial charge in [0.05, 0.1) is 5.60 Å². The molecule has 2 nitrogen and oxygen atoms in total. The zero-order valence-electron chi connectivity index (χ0n) is 10.9. The van der Waals surface area contributed by atoms with E-state index in [2.05, 4.69) is 19.2 Å². The standard InChI is InChI=1S/C14H27NO/c1-3-4-6-12(2)15-13-7-10-16-14(11-13)8-5-9-14/h12-13,15H,3-11H2,1-2H3. The second-order valence-electron chi connectivity index (χ2n) is 5.78. The van der Waals surface area contributed by atoms with E-state index in [4.69, 9.17) is 4.74 Å². The Kier molecular flexibility index (Phi) is 4.26. The lowest BCUT2D eigenvalue weighted by molar-refractivity contribution is -0.136. The van der Waals surface area contributed by atoms with Crippen molar-refractivity contribution in [1.29, 1.82) is 0 Å². The third-order valence-electron chi connectivity index (χ3n) is 4.27. The molecular weight excluding hydrogens is 198 g/mol. The minimum absolute atomic E-state index is 0.292. The third-order valence-corrected chi connectivity index (χ3v) is 4.27. The number of ether oxygens (including phenoxy) is 1. The predicted octanol–water partition coefficient (Wildman–Crippen LogP) is 3.26. The Labute approximate surface area is 100 Å². The lowest BCUT2D eigenvalue weighted by atomic mass is 9.74. The molecule has 1 N–H and O–H groups in total. The maximum absolute atomic E-state index is 5.95. The van der Waals surface area contributed by atoms with Crippen LogP contribution in [0.5, 0.6) is 0 Å². The van der Waals surface area contributed by atoms with Crippen LogP contribution in [0.15, 0.2) is 0 Å². The highest BCUT2D eigenvalue weighted by atomic mass is 16.5. The van der Waals surface area contributed by atoms with Crippen molar-refractivity contribution in [2.75, 3.05) is 6.61 Å². The molecule has 0 aromatic heterocycles. The summed E-state index contributed by atoms with van der Waals surface area (Å²) in [4.78, 5) is 0. The second-order valence-corrected chi connectivity index (χ2v) is 5.78. The van der Waals surface area contributed by atoms with Gasteiger partial charge in [0.15, 0.2) is 0 Å². The summed E-state index contributed by atoms with van der Waals surface area (Å²) < 4.78 is 5.95. The Bertz CT molecular complexity index is 213. The Balaban J connectivity index is 1.72. The second kappa shape index (κ2) is 5.50. The van der Waals surface area contributed by atoms with Crippen LogP contribution in [0.3, 0.4) is 0 Å². The summed E-state index contributed by atoms with van der Waals surface area (Å²) in [6.07, 6.45) is 10.4. The molecule has 2 atom stereocenters.